The SMILES string of the molecule is c1ccc(-n2c3ccccc3c3cc(-c4cc5c6ccccc6oc5c5c6ccccc6n(-c6nc(-c7ccc8sc9ccccc9c8c7)c7ccccc7n6)c45)ccc32)cc1. The number of furan rings is 1. The first kappa shape index (κ1) is 33.7. The maximum atomic E-state index is 6.87. The normalized spacial score (nSPS) is 12.2. The number of fused-ring (bicyclic) bond motifs is 14. The fourth-order valence-electron chi connectivity index (χ4n) is 10.0. The Labute approximate surface area is 358 Å². The van der Waals surface area contributed by atoms with Crippen LogP contribution in [0.3, 0.4) is 0 Å². The summed E-state index contributed by atoms with van der Waals surface area (Å²) in [4.78, 5) is 11.0. The number of thiophene rings is 1. The van der Waals surface area contributed by atoms with Crippen LogP contribution >= 0.6 is 11.3 Å². The highest BCUT2D eigenvalue weighted by atomic mass is 32.1. The second-order valence-electron chi connectivity index (χ2n) is 16.1. The third kappa shape index (κ3) is 4.72. The Balaban J connectivity index is 1.11. The van der Waals surface area contributed by atoms with Gasteiger partial charge in [0.15, 0.2) is 0 Å². The number of hydrogen-bond acceptors (Lipinski definition) is 4. The van der Waals surface area contributed by atoms with Crippen LogP contribution in [-0.2, 0) is 0 Å². The standard InChI is InChI=1S/C56H32N4OS/c1-2-14-35(15-3-1)59-46-22-10-5-16-36(46)42-30-33(26-28-48(42)59)41-32-44-37-17-7-12-24-49(37)61-55(44)52-40-20-6-11-23-47(40)60(54(41)52)56-57-45-21-9-4-19-39(45)53(58-56)34-27-29-51-43(31-34)38-18-8-13-25-50(38)62-51/h1-32H. The zero-order valence-electron chi connectivity index (χ0n) is 33.1. The summed E-state index contributed by atoms with van der Waals surface area (Å²) in [6.07, 6.45) is 0. The van der Waals surface area contributed by atoms with E-state index in [1.807, 2.05) is 17.4 Å². The fraction of sp³-hybridized carbons (Fsp3) is 0. The van der Waals surface area contributed by atoms with E-state index in [1.54, 1.807) is 0 Å². The van der Waals surface area contributed by atoms with Gasteiger partial charge < -0.3 is 8.98 Å². The second-order valence-corrected chi connectivity index (χ2v) is 17.2. The highest BCUT2D eigenvalue weighted by Gasteiger charge is 2.25. The molecule has 0 unspecified atom stereocenters. The molecule has 0 aliphatic rings. The van der Waals surface area contributed by atoms with Gasteiger partial charge in [-0.05, 0) is 78.4 Å². The van der Waals surface area contributed by atoms with E-state index in [1.165, 1.54) is 36.5 Å². The third-order valence-electron chi connectivity index (χ3n) is 12.7. The minimum atomic E-state index is 0.610. The molecule has 5 nitrogen and oxygen atoms in total. The number of nitrogens with zero attached hydrogens (tertiary/aromatic N) is 4. The van der Waals surface area contributed by atoms with Gasteiger partial charge in [-0.2, -0.15) is 0 Å². The van der Waals surface area contributed by atoms with Crippen LogP contribution in [0.4, 0.5) is 0 Å². The first-order valence-electron chi connectivity index (χ1n) is 20.9. The predicted octanol–water partition coefficient (Wildman–Crippen LogP) is 15.4. The molecule has 62 heavy (non-hydrogen) atoms. The number of benzene rings is 9. The van der Waals surface area contributed by atoms with Crippen LogP contribution in [0.1, 0.15) is 0 Å². The van der Waals surface area contributed by atoms with Gasteiger partial charge in [0, 0.05) is 69.3 Å². The maximum absolute atomic E-state index is 6.87. The van der Waals surface area contributed by atoms with Crippen LogP contribution in [0.15, 0.2) is 199 Å². The molecule has 0 fully saturated rings. The lowest BCUT2D eigenvalue weighted by molar-refractivity contribution is 0.673. The summed E-state index contributed by atoms with van der Waals surface area (Å²) in [5.74, 6) is 0.610. The number of hydrogen-bond donors (Lipinski definition) is 0. The van der Waals surface area contributed by atoms with Gasteiger partial charge in [-0.3, -0.25) is 4.57 Å². The van der Waals surface area contributed by atoms with Crippen molar-refractivity contribution in [1.29, 1.82) is 0 Å². The Morgan fingerprint density at radius 1 is 0.419 bits per heavy atom. The molecule has 0 aliphatic heterocycles. The van der Waals surface area contributed by atoms with Crippen molar-refractivity contribution in [2.24, 2.45) is 0 Å². The van der Waals surface area contributed by atoms with Crippen molar-refractivity contribution in [3.63, 3.8) is 0 Å². The molecule has 14 aromatic rings. The van der Waals surface area contributed by atoms with Gasteiger partial charge in [0.2, 0.25) is 5.95 Å². The van der Waals surface area contributed by atoms with E-state index < -0.39 is 0 Å². The van der Waals surface area contributed by atoms with Gasteiger partial charge in [-0.1, -0.05) is 121 Å². The lowest BCUT2D eigenvalue weighted by Crippen LogP contribution is -2.04. The van der Waals surface area contributed by atoms with E-state index in [2.05, 4.69) is 197 Å². The zero-order valence-corrected chi connectivity index (χ0v) is 33.9. The van der Waals surface area contributed by atoms with Gasteiger partial charge in [0.1, 0.15) is 11.2 Å². The van der Waals surface area contributed by atoms with Crippen LogP contribution in [0, 0.1) is 0 Å². The first-order chi connectivity index (χ1) is 30.7. The summed E-state index contributed by atoms with van der Waals surface area (Å²) in [6, 6.07) is 69.4. The van der Waals surface area contributed by atoms with E-state index in [0.717, 1.165) is 88.2 Å². The van der Waals surface area contributed by atoms with Crippen LogP contribution in [0.25, 0.3) is 131 Å². The summed E-state index contributed by atoms with van der Waals surface area (Å²) in [5, 5.41) is 10.2. The van der Waals surface area contributed by atoms with E-state index >= 15 is 0 Å². The maximum Gasteiger partial charge on any atom is 0.235 e. The molecular weight excluding hydrogens is 777 g/mol. The van der Waals surface area contributed by atoms with Gasteiger partial charge in [-0.25, -0.2) is 9.97 Å². The van der Waals surface area contributed by atoms with Gasteiger partial charge in [-0.15, -0.1) is 11.3 Å². The molecule has 0 spiro atoms. The lowest BCUT2D eigenvalue weighted by atomic mass is 9.97. The van der Waals surface area contributed by atoms with Crippen LogP contribution < -0.4 is 0 Å². The Morgan fingerprint density at radius 3 is 1.94 bits per heavy atom. The summed E-state index contributed by atoms with van der Waals surface area (Å²) < 4.78 is 14.1. The Morgan fingerprint density at radius 2 is 1.06 bits per heavy atom. The van der Waals surface area contributed by atoms with Gasteiger partial charge in [0.05, 0.1) is 38.7 Å². The van der Waals surface area contributed by atoms with Crippen molar-refractivity contribution < 1.29 is 4.42 Å². The molecule has 0 saturated carbocycles. The second kappa shape index (κ2) is 12.7. The quantitative estimate of drug-likeness (QED) is 0.178. The molecule has 0 N–H and O–H groups in total. The topological polar surface area (TPSA) is 48.8 Å². The molecular formula is C56H32N4OS. The fourth-order valence-corrected chi connectivity index (χ4v) is 11.1. The molecule has 0 atom stereocenters. The van der Waals surface area contributed by atoms with E-state index in [4.69, 9.17) is 14.4 Å². The Hall–Kier alpha value is -8.06. The monoisotopic (exact) mass is 808 g/mol. The minimum absolute atomic E-state index is 0.610. The molecule has 5 heterocycles. The lowest BCUT2D eigenvalue weighted by Gasteiger charge is -2.14. The Bertz CT molecular complexity index is 4170. The minimum Gasteiger partial charge on any atom is -0.455 e. The van der Waals surface area contributed by atoms with E-state index in [9.17, 15) is 0 Å². The van der Waals surface area contributed by atoms with Gasteiger partial charge in [0.25, 0.3) is 0 Å². The molecule has 5 aromatic heterocycles. The molecule has 9 aromatic carbocycles. The van der Waals surface area contributed by atoms with Crippen molar-refractivity contribution in [3.8, 4) is 34.0 Å². The Kier molecular flexibility index (Phi) is 6.92. The van der Waals surface area contributed by atoms with Crippen LogP contribution in [0.2, 0.25) is 0 Å². The molecule has 0 bridgehead atoms. The molecule has 0 radical (unpaired) electrons. The van der Waals surface area contributed by atoms with E-state index in [0.29, 0.717) is 5.95 Å². The van der Waals surface area contributed by atoms with Crippen molar-refractivity contribution >= 4 is 108 Å². The average molecular weight is 809 g/mol. The summed E-state index contributed by atoms with van der Waals surface area (Å²) >= 11 is 1.83. The summed E-state index contributed by atoms with van der Waals surface area (Å²) in [5.41, 5.74) is 12.2. The molecule has 0 amide bonds. The largest absolute Gasteiger partial charge is 0.455 e. The van der Waals surface area contributed by atoms with Gasteiger partial charge >= 0.3 is 0 Å². The number of para-hydroxylation sites is 5. The predicted molar refractivity (Wildman–Crippen MR) is 259 cm³/mol. The summed E-state index contributed by atoms with van der Waals surface area (Å²) in [7, 11) is 0. The van der Waals surface area contributed by atoms with Crippen molar-refractivity contribution in [1.82, 2.24) is 19.1 Å². The molecule has 14 rings (SSSR count). The number of aromatic nitrogens is 4. The smallest absolute Gasteiger partial charge is 0.235 e. The zero-order chi connectivity index (χ0) is 40.5. The first-order valence-corrected chi connectivity index (χ1v) is 21.7. The molecule has 6 heteroatoms. The third-order valence-corrected chi connectivity index (χ3v) is 13.9. The molecule has 0 aliphatic carbocycles. The van der Waals surface area contributed by atoms with Crippen LogP contribution in [-0.4, -0.2) is 19.1 Å². The van der Waals surface area contributed by atoms with Crippen molar-refractivity contribution in [2.45, 2.75) is 0 Å². The summed E-state index contributed by atoms with van der Waals surface area (Å²) in [6.45, 7) is 0. The number of rotatable bonds is 4. The van der Waals surface area contributed by atoms with Crippen molar-refractivity contribution in [2.75, 3.05) is 0 Å². The highest BCUT2D eigenvalue weighted by Crippen LogP contribution is 2.47. The van der Waals surface area contributed by atoms with Crippen molar-refractivity contribution in [3.05, 3.63) is 194 Å². The molecule has 0 saturated heterocycles. The van der Waals surface area contributed by atoms with E-state index in [-0.39, 0.29) is 0 Å². The highest BCUT2D eigenvalue weighted by molar-refractivity contribution is 7.25. The average Bonchev–Trinajstić information content (AvgIpc) is 4.08. The molecule has 288 valence electrons. The van der Waals surface area contributed by atoms with Crippen LogP contribution in [0.5, 0.6) is 0 Å².